The van der Waals surface area contributed by atoms with Gasteiger partial charge in [0.2, 0.25) is 0 Å². The van der Waals surface area contributed by atoms with Crippen LogP contribution in [-0.2, 0) is 4.79 Å². The summed E-state index contributed by atoms with van der Waals surface area (Å²) in [6.07, 6.45) is 1.60. The molecule has 2 N–H and O–H groups in total. The van der Waals surface area contributed by atoms with Crippen LogP contribution in [0.5, 0.6) is 0 Å². The number of rotatable bonds is 8. The van der Waals surface area contributed by atoms with Gasteiger partial charge in [0.15, 0.2) is 0 Å². The standard InChI is InChI=1S/C14H21NO2S/c1-3-9-15-13(14(16)17)8-10-18-12-6-4-11(2)5-7-12/h4-7,13,15H,3,8-10H2,1-2H3,(H,16,17). The normalized spacial score (nSPS) is 12.3. The molecule has 0 spiro atoms. The lowest BCUT2D eigenvalue weighted by molar-refractivity contribution is -0.139. The van der Waals surface area contributed by atoms with E-state index in [1.165, 1.54) is 10.5 Å². The molecule has 1 aromatic rings. The fourth-order valence-electron chi connectivity index (χ4n) is 1.56. The molecule has 0 aliphatic rings. The second kappa shape index (κ2) is 8.16. The highest BCUT2D eigenvalue weighted by Crippen LogP contribution is 2.19. The van der Waals surface area contributed by atoms with E-state index in [0.29, 0.717) is 6.42 Å². The molecule has 0 amide bonds. The minimum atomic E-state index is -0.757. The fourth-order valence-corrected chi connectivity index (χ4v) is 2.48. The summed E-state index contributed by atoms with van der Waals surface area (Å²) in [5.74, 6) is 0.0597. The molecular formula is C14H21NO2S. The summed E-state index contributed by atoms with van der Waals surface area (Å²) in [5.41, 5.74) is 1.24. The van der Waals surface area contributed by atoms with Crippen molar-refractivity contribution in [1.82, 2.24) is 5.32 Å². The first-order valence-corrected chi connectivity index (χ1v) is 7.27. The van der Waals surface area contributed by atoms with Crippen molar-refractivity contribution < 1.29 is 9.90 Å². The Morgan fingerprint density at radius 3 is 2.61 bits per heavy atom. The van der Waals surface area contributed by atoms with Crippen LogP contribution in [0.15, 0.2) is 29.2 Å². The van der Waals surface area contributed by atoms with Crippen molar-refractivity contribution in [2.45, 2.75) is 37.6 Å². The largest absolute Gasteiger partial charge is 0.480 e. The molecule has 1 aromatic carbocycles. The van der Waals surface area contributed by atoms with Crippen LogP contribution < -0.4 is 5.32 Å². The minimum absolute atomic E-state index is 0.428. The molecule has 0 bridgehead atoms. The molecular weight excluding hydrogens is 246 g/mol. The first-order chi connectivity index (χ1) is 8.63. The van der Waals surface area contributed by atoms with Gasteiger partial charge in [-0.3, -0.25) is 4.79 Å². The van der Waals surface area contributed by atoms with Crippen LogP contribution in [0, 0.1) is 6.92 Å². The molecule has 0 radical (unpaired) electrons. The topological polar surface area (TPSA) is 49.3 Å². The molecule has 100 valence electrons. The highest BCUT2D eigenvalue weighted by molar-refractivity contribution is 7.99. The van der Waals surface area contributed by atoms with Crippen LogP contribution in [0.25, 0.3) is 0 Å². The Labute approximate surface area is 113 Å². The predicted molar refractivity (Wildman–Crippen MR) is 76.2 cm³/mol. The maximum absolute atomic E-state index is 11.0. The predicted octanol–water partition coefficient (Wildman–Crippen LogP) is 2.93. The third kappa shape index (κ3) is 5.56. The third-order valence-corrected chi connectivity index (χ3v) is 3.68. The highest BCUT2D eigenvalue weighted by Gasteiger charge is 2.15. The summed E-state index contributed by atoms with van der Waals surface area (Å²) >= 11 is 1.70. The SMILES string of the molecule is CCCNC(CCSc1ccc(C)cc1)C(=O)O. The number of nitrogens with one attached hydrogen (secondary N) is 1. The van der Waals surface area contributed by atoms with E-state index in [1.807, 2.05) is 6.92 Å². The van der Waals surface area contributed by atoms with E-state index in [2.05, 4.69) is 36.5 Å². The van der Waals surface area contributed by atoms with Crippen LogP contribution in [0.2, 0.25) is 0 Å². The third-order valence-electron chi connectivity index (χ3n) is 2.64. The van der Waals surface area contributed by atoms with Crippen molar-refractivity contribution in [3.63, 3.8) is 0 Å². The summed E-state index contributed by atoms with van der Waals surface area (Å²) in [6, 6.07) is 7.88. The maximum Gasteiger partial charge on any atom is 0.320 e. The van der Waals surface area contributed by atoms with Crippen molar-refractivity contribution >= 4 is 17.7 Å². The van der Waals surface area contributed by atoms with Crippen LogP contribution >= 0.6 is 11.8 Å². The van der Waals surface area contributed by atoms with Gasteiger partial charge in [-0.25, -0.2) is 0 Å². The number of carbonyl (C=O) groups is 1. The molecule has 0 aromatic heterocycles. The Hall–Kier alpha value is -1.00. The number of carboxylic acid groups (broad SMARTS) is 1. The Kier molecular flexibility index (Phi) is 6.83. The van der Waals surface area contributed by atoms with E-state index >= 15 is 0 Å². The molecule has 18 heavy (non-hydrogen) atoms. The van der Waals surface area contributed by atoms with Crippen LogP contribution in [-0.4, -0.2) is 29.4 Å². The molecule has 0 fully saturated rings. The number of hydrogen-bond donors (Lipinski definition) is 2. The molecule has 0 aliphatic carbocycles. The van der Waals surface area contributed by atoms with E-state index < -0.39 is 12.0 Å². The summed E-state index contributed by atoms with van der Waals surface area (Å²) in [7, 11) is 0. The van der Waals surface area contributed by atoms with Gasteiger partial charge in [0.05, 0.1) is 0 Å². The van der Waals surface area contributed by atoms with Crippen molar-refractivity contribution in [2.75, 3.05) is 12.3 Å². The van der Waals surface area contributed by atoms with Crippen LogP contribution in [0.4, 0.5) is 0 Å². The van der Waals surface area contributed by atoms with Gasteiger partial charge in [0.25, 0.3) is 0 Å². The Morgan fingerprint density at radius 1 is 1.39 bits per heavy atom. The number of thioether (sulfide) groups is 1. The molecule has 3 nitrogen and oxygen atoms in total. The zero-order chi connectivity index (χ0) is 13.4. The van der Waals surface area contributed by atoms with E-state index in [-0.39, 0.29) is 0 Å². The smallest absolute Gasteiger partial charge is 0.320 e. The Morgan fingerprint density at radius 2 is 2.06 bits per heavy atom. The summed E-state index contributed by atoms with van der Waals surface area (Å²) in [5, 5.41) is 12.1. The minimum Gasteiger partial charge on any atom is -0.480 e. The summed E-state index contributed by atoms with van der Waals surface area (Å²) in [6.45, 7) is 4.85. The molecule has 4 heteroatoms. The van der Waals surface area contributed by atoms with E-state index in [0.717, 1.165) is 18.7 Å². The van der Waals surface area contributed by atoms with E-state index in [9.17, 15) is 4.79 Å². The number of carboxylic acids is 1. The monoisotopic (exact) mass is 267 g/mol. The zero-order valence-electron chi connectivity index (χ0n) is 11.0. The molecule has 0 saturated heterocycles. The van der Waals surface area contributed by atoms with E-state index in [1.54, 1.807) is 11.8 Å². The van der Waals surface area contributed by atoms with Crippen molar-refractivity contribution in [2.24, 2.45) is 0 Å². The van der Waals surface area contributed by atoms with Gasteiger partial charge in [0, 0.05) is 10.6 Å². The lowest BCUT2D eigenvalue weighted by Crippen LogP contribution is -2.37. The number of benzene rings is 1. The molecule has 1 atom stereocenters. The number of hydrogen-bond acceptors (Lipinski definition) is 3. The maximum atomic E-state index is 11.0. The van der Waals surface area contributed by atoms with Gasteiger partial charge in [-0.2, -0.15) is 0 Å². The van der Waals surface area contributed by atoms with Gasteiger partial charge in [-0.15, -0.1) is 11.8 Å². The molecule has 1 rings (SSSR count). The summed E-state index contributed by atoms with van der Waals surface area (Å²) < 4.78 is 0. The first kappa shape index (κ1) is 15.1. The molecule has 0 heterocycles. The average molecular weight is 267 g/mol. The average Bonchev–Trinajstić information content (AvgIpc) is 2.35. The van der Waals surface area contributed by atoms with Gasteiger partial charge in [-0.05, 0) is 38.4 Å². The van der Waals surface area contributed by atoms with Gasteiger partial charge >= 0.3 is 5.97 Å². The molecule has 0 aliphatic heterocycles. The second-order valence-corrected chi connectivity index (χ2v) is 5.46. The number of aryl methyl sites for hydroxylation is 1. The van der Waals surface area contributed by atoms with Gasteiger partial charge < -0.3 is 10.4 Å². The zero-order valence-corrected chi connectivity index (χ0v) is 11.8. The fraction of sp³-hybridized carbons (Fsp3) is 0.500. The first-order valence-electron chi connectivity index (χ1n) is 6.29. The molecule has 1 unspecified atom stereocenters. The lowest BCUT2D eigenvalue weighted by Gasteiger charge is -2.13. The van der Waals surface area contributed by atoms with Crippen molar-refractivity contribution in [3.05, 3.63) is 29.8 Å². The lowest BCUT2D eigenvalue weighted by atomic mass is 10.2. The van der Waals surface area contributed by atoms with Crippen molar-refractivity contribution in [3.8, 4) is 0 Å². The van der Waals surface area contributed by atoms with Crippen LogP contribution in [0.1, 0.15) is 25.3 Å². The number of aliphatic carboxylic acids is 1. The second-order valence-electron chi connectivity index (χ2n) is 4.30. The summed E-state index contributed by atoms with van der Waals surface area (Å²) in [4.78, 5) is 12.2. The van der Waals surface area contributed by atoms with E-state index in [4.69, 9.17) is 5.11 Å². The Balaban J connectivity index is 2.34. The van der Waals surface area contributed by atoms with Gasteiger partial charge in [-0.1, -0.05) is 24.6 Å². The highest BCUT2D eigenvalue weighted by atomic mass is 32.2. The molecule has 0 saturated carbocycles. The quantitative estimate of drug-likeness (QED) is 0.711. The van der Waals surface area contributed by atoms with Crippen molar-refractivity contribution in [1.29, 1.82) is 0 Å². The van der Waals surface area contributed by atoms with Crippen LogP contribution in [0.3, 0.4) is 0 Å². The Bertz CT molecular complexity index is 365. The van der Waals surface area contributed by atoms with Gasteiger partial charge in [0.1, 0.15) is 6.04 Å².